The summed E-state index contributed by atoms with van der Waals surface area (Å²) in [5, 5.41) is 3.17. The molecular formula is C15H23F2IN6. The van der Waals surface area contributed by atoms with Crippen molar-refractivity contribution in [3.63, 3.8) is 0 Å². The molecule has 24 heavy (non-hydrogen) atoms. The van der Waals surface area contributed by atoms with Crippen LogP contribution in [0.5, 0.6) is 0 Å². The zero-order valence-corrected chi connectivity index (χ0v) is 16.3. The van der Waals surface area contributed by atoms with E-state index in [9.17, 15) is 8.78 Å². The molecule has 0 saturated heterocycles. The number of hydrogen-bond donors (Lipinski definition) is 1. The molecule has 9 heteroatoms. The Morgan fingerprint density at radius 3 is 2.75 bits per heavy atom. The monoisotopic (exact) mass is 452 g/mol. The minimum atomic E-state index is -2.61. The Hall–Kier alpha value is -1.65. The highest BCUT2D eigenvalue weighted by Gasteiger charge is 2.12. The molecule has 134 valence electrons. The zero-order valence-electron chi connectivity index (χ0n) is 14.0. The van der Waals surface area contributed by atoms with E-state index >= 15 is 0 Å². The first-order valence-electron chi connectivity index (χ1n) is 7.42. The van der Waals surface area contributed by atoms with E-state index in [-0.39, 0.29) is 36.3 Å². The topological polar surface area (TPSA) is 50.4 Å². The Morgan fingerprint density at radius 2 is 2.17 bits per heavy atom. The van der Waals surface area contributed by atoms with Crippen LogP contribution in [-0.4, -0.2) is 38.6 Å². The lowest BCUT2D eigenvalue weighted by Crippen LogP contribution is -2.38. The summed E-state index contributed by atoms with van der Waals surface area (Å²) in [5.74, 6) is 0.889. The van der Waals surface area contributed by atoms with E-state index in [2.05, 4.69) is 15.3 Å². The van der Waals surface area contributed by atoms with Gasteiger partial charge in [0.05, 0.1) is 6.54 Å². The van der Waals surface area contributed by atoms with Crippen LogP contribution in [0.1, 0.15) is 25.0 Å². The van der Waals surface area contributed by atoms with E-state index in [1.807, 2.05) is 48.8 Å². The molecule has 0 aliphatic rings. The number of aryl methyl sites for hydroxylation is 1. The van der Waals surface area contributed by atoms with Crippen LogP contribution in [-0.2, 0) is 20.1 Å². The van der Waals surface area contributed by atoms with E-state index in [1.165, 1.54) is 12.4 Å². The highest BCUT2D eigenvalue weighted by atomic mass is 127. The SMILES string of the molecule is CCNC(=NCc1nccn1C(F)F)N(C)Cc1cccn1C.I. The number of aliphatic imine (C=N–C) groups is 1. The van der Waals surface area contributed by atoms with E-state index in [1.54, 1.807) is 0 Å². The zero-order chi connectivity index (χ0) is 16.8. The molecule has 0 spiro atoms. The number of imidazole rings is 1. The van der Waals surface area contributed by atoms with Crippen LogP contribution in [0.4, 0.5) is 8.78 Å². The number of alkyl halides is 2. The summed E-state index contributed by atoms with van der Waals surface area (Å²) in [6, 6.07) is 4.01. The Morgan fingerprint density at radius 1 is 1.42 bits per heavy atom. The van der Waals surface area contributed by atoms with Crippen molar-refractivity contribution in [2.45, 2.75) is 26.6 Å². The van der Waals surface area contributed by atoms with Gasteiger partial charge >= 0.3 is 6.55 Å². The van der Waals surface area contributed by atoms with Crippen molar-refractivity contribution in [1.29, 1.82) is 0 Å². The predicted molar refractivity (Wildman–Crippen MR) is 101 cm³/mol. The summed E-state index contributed by atoms with van der Waals surface area (Å²) in [6.45, 7) is 0.813. The van der Waals surface area contributed by atoms with Crippen LogP contribution in [0, 0.1) is 0 Å². The quantitative estimate of drug-likeness (QED) is 0.417. The number of nitrogens with zero attached hydrogens (tertiary/aromatic N) is 5. The average Bonchev–Trinajstić information content (AvgIpc) is 3.13. The van der Waals surface area contributed by atoms with Gasteiger partial charge in [0.1, 0.15) is 12.4 Å². The molecule has 0 aliphatic carbocycles. The van der Waals surface area contributed by atoms with Crippen molar-refractivity contribution in [1.82, 2.24) is 24.3 Å². The molecule has 0 bridgehead atoms. The molecule has 0 amide bonds. The van der Waals surface area contributed by atoms with Gasteiger partial charge < -0.3 is 14.8 Å². The molecule has 0 radical (unpaired) electrons. The normalized spacial score (nSPS) is 11.5. The second-order valence-electron chi connectivity index (χ2n) is 5.17. The van der Waals surface area contributed by atoms with Crippen LogP contribution in [0.2, 0.25) is 0 Å². The third-order valence-corrected chi connectivity index (χ3v) is 3.48. The standard InChI is InChI=1S/C15H22F2N6.HI/c1-4-18-15(22(3)11-12-6-5-8-21(12)2)20-10-13-19-7-9-23(13)14(16)17;/h5-9,14H,4,10-11H2,1-3H3,(H,18,20);1H. The number of guanidine groups is 1. The largest absolute Gasteiger partial charge is 0.357 e. The van der Waals surface area contributed by atoms with E-state index in [4.69, 9.17) is 0 Å². The lowest BCUT2D eigenvalue weighted by Gasteiger charge is -2.22. The second kappa shape index (κ2) is 9.60. The minimum absolute atomic E-state index is 0. The molecule has 0 atom stereocenters. The fourth-order valence-corrected chi connectivity index (χ4v) is 2.24. The second-order valence-corrected chi connectivity index (χ2v) is 5.17. The van der Waals surface area contributed by atoms with Crippen molar-refractivity contribution >= 4 is 29.9 Å². The van der Waals surface area contributed by atoms with Gasteiger partial charge in [-0.2, -0.15) is 8.78 Å². The third kappa shape index (κ3) is 5.18. The molecule has 1 N–H and O–H groups in total. The molecule has 0 saturated carbocycles. The van der Waals surface area contributed by atoms with Crippen molar-refractivity contribution < 1.29 is 8.78 Å². The molecule has 0 unspecified atom stereocenters. The molecule has 2 aromatic rings. The van der Waals surface area contributed by atoms with Gasteiger partial charge in [-0.15, -0.1) is 24.0 Å². The summed E-state index contributed by atoms with van der Waals surface area (Å²) in [5.41, 5.74) is 1.13. The van der Waals surface area contributed by atoms with Gasteiger partial charge in [-0.05, 0) is 19.1 Å². The average molecular weight is 452 g/mol. The smallest absolute Gasteiger partial charge is 0.319 e. The van der Waals surface area contributed by atoms with Crippen molar-refractivity contribution in [3.05, 3.63) is 42.2 Å². The van der Waals surface area contributed by atoms with Crippen molar-refractivity contribution in [2.24, 2.45) is 12.0 Å². The van der Waals surface area contributed by atoms with Gasteiger partial charge in [0, 0.05) is 44.9 Å². The van der Waals surface area contributed by atoms with Crippen molar-refractivity contribution in [2.75, 3.05) is 13.6 Å². The first-order valence-corrected chi connectivity index (χ1v) is 7.42. The van der Waals surface area contributed by atoms with Crippen molar-refractivity contribution in [3.8, 4) is 0 Å². The summed E-state index contributed by atoms with van der Waals surface area (Å²) in [6.07, 6.45) is 4.60. The Bertz CT molecular complexity index is 652. The molecule has 2 heterocycles. The lowest BCUT2D eigenvalue weighted by atomic mass is 10.4. The van der Waals surface area contributed by atoms with Crippen LogP contribution in [0.3, 0.4) is 0 Å². The molecule has 2 aromatic heterocycles. The number of rotatable bonds is 6. The van der Waals surface area contributed by atoms with Gasteiger partial charge in [-0.25, -0.2) is 9.98 Å². The molecule has 0 aromatic carbocycles. The molecule has 0 aliphatic heterocycles. The minimum Gasteiger partial charge on any atom is -0.357 e. The fourth-order valence-electron chi connectivity index (χ4n) is 2.24. The summed E-state index contributed by atoms with van der Waals surface area (Å²) >= 11 is 0. The Balaban J connectivity index is 0.00000288. The summed E-state index contributed by atoms with van der Waals surface area (Å²) in [7, 11) is 3.89. The first-order chi connectivity index (χ1) is 11.0. The highest BCUT2D eigenvalue weighted by Crippen LogP contribution is 2.13. The number of aromatic nitrogens is 3. The fraction of sp³-hybridized carbons (Fsp3) is 0.467. The van der Waals surface area contributed by atoms with Crippen LogP contribution < -0.4 is 5.32 Å². The lowest BCUT2D eigenvalue weighted by molar-refractivity contribution is 0.0671. The maximum absolute atomic E-state index is 12.8. The molecule has 6 nitrogen and oxygen atoms in total. The molecular weight excluding hydrogens is 429 g/mol. The van der Waals surface area contributed by atoms with Crippen LogP contribution in [0.25, 0.3) is 0 Å². The highest BCUT2D eigenvalue weighted by molar-refractivity contribution is 14.0. The van der Waals surface area contributed by atoms with Gasteiger partial charge in [-0.3, -0.25) is 4.57 Å². The number of nitrogens with one attached hydrogen (secondary N) is 1. The predicted octanol–water partition coefficient (Wildman–Crippen LogP) is 2.83. The first kappa shape index (κ1) is 20.4. The maximum atomic E-state index is 12.8. The molecule has 2 rings (SSSR count). The third-order valence-electron chi connectivity index (χ3n) is 3.48. The summed E-state index contributed by atoms with van der Waals surface area (Å²) in [4.78, 5) is 10.3. The Kier molecular flexibility index (Phi) is 8.16. The van der Waals surface area contributed by atoms with E-state index < -0.39 is 6.55 Å². The van der Waals surface area contributed by atoms with Crippen LogP contribution >= 0.6 is 24.0 Å². The Labute approximate surface area is 157 Å². The van der Waals surface area contributed by atoms with E-state index in [0.29, 0.717) is 19.0 Å². The maximum Gasteiger partial charge on any atom is 0.319 e. The van der Waals surface area contributed by atoms with Gasteiger partial charge in [-0.1, -0.05) is 0 Å². The van der Waals surface area contributed by atoms with E-state index in [0.717, 1.165) is 10.3 Å². The number of halogens is 3. The van der Waals surface area contributed by atoms with Gasteiger partial charge in [0.25, 0.3) is 0 Å². The van der Waals surface area contributed by atoms with Gasteiger partial charge in [0.15, 0.2) is 5.96 Å². The van der Waals surface area contributed by atoms with Crippen LogP contribution in [0.15, 0.2) is 35.7 Å². The summed E-state index contributed by atoms with van der Waals surface area (Å²) < 4.78 is 28.5. The molecule has 0 fully saturated rings. The van der Waals surface area contributed by atoms with Gasteiger partial charge in [0.2, 0.25) is 0 Å². The number of hydrogen-bond acceptors (Lipinski definition) is 2.